The molecule has 0 bridgehead atoms. The van der Waals surface area contributed by atoms with Crippen LogP contribution in [0.4, 0.5) is 0 Å². The van der Waals surface area contributed by atoms with E-state index >= 15 is 0 Å². The Balaban J connectivity index is 2.60. The van der Waals surface area contributed by atoms with Crippen LogP contribution in [-0.4, -0.2) is 16.9 Å². The predicted molar refractivity (Wildman–Crippen MR) is 34.5 cm³/mol. The van der Waals surface area contributed by atoms with Gasteiger partial charge in [0.25, 0.3) is 0 Å². The third-order valence-corrected chi connectivity index (χ3v) is 1.52. The second kappa shape index (κ2) is 2.64. The fourth-order valence-corrected chi connectivity index (χ4v) is 0.946. The van der Waals surface area contributed by atoms with Crippen LogP contribution in [0.15, 0.2) is 12.2 Å². The number of carbonyl (C=O) groups is 2. The second-order valence-electron chi connectivity index (χ2n) is 2.34. The maximum absolute atomic E-state index is 10.6. The maximum Gasteiger partial charge on any atom is 0.307 e. The lowest BCUT2D eigenvalue weighted by molar-refractivity contribution is -0.143. The first-order chi connectivity index (χ1) is 4.70. The third-order valence-electron chi connectivity index (χ3n) is 1.52. The van der Waals surface area contributed by atoms with Crippen LogP contribution in [0.25, 0.3) is 0 Å². The standard InChI is InChI=1S/C7H8O3/c8-6-3-1-2-5(4-6)7(9)10/h1,3,5H,2,4H2,(H,9,10)/t5-/m0/s1. The summed E-state index contributed by atoms with van der Waals surface area (Å²) in [6, 6.07) is 0. The van der Waals surface area contributed by atoms with Gasteiger partial charge in [-0.15, -0.1) is 0 Å². The van der Waals surface area contributed by atoms with Crippen molar-refractivity contribution in [1.29, 1.82) is 0 Å². The molecule has 0 amide bonds. The molecule has 1 atom stereocenters. The first-order valence-electron chi connectivity index (χ1n) is 3.12. The van der Waals surface area contributed by atoms with E-state index in [0.29, 0.717) is 6.42 Å². The Bertz CT molecular complexity index is 193. The van der Waals surface area contributed by atoms with Crippen LogP contribution in [0, 0.1) is 5.92 Å². The van der Waals surface area contributed by atoms with Gasteiger partial charge in [-0.2, -0.15) is 0 Å². The number of rotatable bonds is 1. The number of allylic oxidation sites excluding steroid dienone is 2. The molecule has 0 unspecified atom stereocenters. The van der Waals surface area contributed by atoms with E-state index in [2.05, 4.69) is 0 Å². The van der Waals surface area contributed by atoms with Crippen LogP contribution in [0.2, 0.25) is 0 Å². The summed E-state index contributed by atoms with van der Waals surface area (Å²) in [5.74, 6) is -1.45. The van der Waals surface area contributed by atoms with E-state index in [0.717, 1.165) is 0 Å². The Morgan fingerprint density at radius 3 is 2.80 bits per heavy atom. The SMILES string of the molecule is O=C1C=CC[C@H](C(=O)O)C1. The molecule has 54 valence electrons. The molecule has 0 saturated carbocycles. The molecule has 0 saturated heterocycles. The van der Waals surface area contributed by atoms with Crippen LogP contribution in [0.5, 0.6) is 0 Å². The molecule has 0 aromatic rings. The molecule has 0 aromatic heterocycles. The van der Waals surface area contributed by atoms with Crippen molar-refractivity contribution in [3.63, 3.8) is 0 Å². The largest absolute Gasteiger partial charge is 0.481 e. The molecule has 0 aromatic carbocycles. The van der Waals surface area contributed by atoms with Crippen LogP contribution < -0.4 is 0 Å². The molecule has 0 spiro atoms. The molecule has 1 rings (SSSR count). The van der Waals surface area contributed by atoms with E-state index in [4.69, 9.17) is 5.11 Å². The van der Waals surface area contributed by atoms with E-state index in [-0.39, 0.29) is 12.2 Å². The van der Waals surface area contributed by atoms with Crippen LogP contribution in [0.3, 0.4) is 0 Å². The first-order valence-corrected chi connectivity index (χ1v) is 3.12. The van der Waals surface area contributed by atoms with Crippen molar-refractivity contribution >= 4 is 11.8 Å². The number of carbonyl (C=O) groups excluding carboxylic acids is 1. The number of carboxylic acids is 1. The van der Waals surface area contributed by atoms with Crippen molar-refractivity contribution in [3.05, 3.63) is 12.2 Å². The normalized spacial score (nSPS) is 24.8. The van der Waals surface area contributed by atoms with Gasteiger partial charge >= 0.3 is 5.97 Å². The summed E-state index contributed by atoms with van der Waals surface area (Å²) >= 11 is 0. The van der Waals surface area contributed by atoms with Gasteiger partial charge in [0, 0.05) is 6.42 Å². The molecule has 1 aliphatic rings. The summed E-state index contributed by atoms with van der Waals surface area (Å²) in [6.45, 7) is 0. The highest BCUT2D eigenvalue weighted by Crippen LogP contribution is 2.15. The predicted octanol–water partition coefficient (Wildman–Crippen LogP) is 0.606. The van der Waals surface area contributed by atoms with Gasteiger partial charge in [-0.05, 0) is 12.5 Å². The Morgan fingerprint density at radius 1 is 1.70 bits per heavy atom. The van der Waals surface area contributed by atoms with Crippen molar-refractivity contribution in [2.75, 3.05) is 0 Å². The average Bonchev–Trinajstić information content (AvgIpc) is 1.88. The number of hydrogen-bond acceptors (Lipinski definition) is 2. The molecule has 1 N–H and O–H groups in total. The molecular formula is C7H8O3. The fraction of sp³-hybridized carbons (Fsp3) is 0.429. The van der Waals surface area contributed by atoms with E-state index in [1.807, 2.05) is 0 Å². The molecule has 0 radical (unpaired) electrons. The first kappa shape index (κ1) is 6.99. The zero-order valence-electron chi connectivity index (χ0n) is 5.41. The third kappa shape index (κ3) is 1.43. The summed E-state index contributed by atoms with van der Waals surface area (Å²) in [6.07, 6.45) is 3.71. The lowest BCUT2D eigenvalue weighted by Crippen LogP contribution is -2.19. The highest BCUT2D eigenvalue weighted by molar-refractivity contribution is 5.93. The van der Waals surface area contributed by atoms with Gasteiger partial charge in [-0.1, -0.05) is 6.08 Å². The van der Waals surface area contributed by atoms with Crippen molar-refractivity contribution in [2.45, 2.75) is 12.8 Å². The minimum absolute atomic E-state index is 0.0846. The second-order valence-corrected chi connectivity index (χ2v) is 2.34. The van der Waals surface area contributed by atoms with Crippen molar-refractivity contribution in [2.24, 2.45) is 5.92 Å². The summed E-state index contributed by atoms with van der Waals surface area (Å²) < 4.78 is 0. The van der Waals surface area contributed by atoms with Gasteiger partial charge in [0.1, 0.15) is 0 Å². The number of hydrogen-bond donors (Lipinski definition) is 1. The molecule has 0 aliphatic heterocycles. The Kier molecular flexibility index (Phi) is 1.85. The van der Waals surface area contributed by atoms with Gasteiger partial charge in [0.2, 0.25) is 0 Å². The van der Waals surface area contributed by atoms with Crippen molar-refractivity contribution < 1.29 is 14.7 Å². The molecular weight excluding hydrogens is 132 g/mol. The maximum atomic E-state index is 10.6. The van der Waals surface area contributed by atoms with Crippen molar-refractivity contribution in [3.8, 4) is 0 Å². The van der Waals surface area contributed by atoms with Crippen LogP contribution >= 0.6 is 0 Å². The Hall–Kier alpha value is -1.12. The number of carboxylic acid groups (broad SMARTS) is 1. The Labute approximate surface area is 58.4 Å². The summed E-state index contributed by atoms with van der Waals surface area (Å²) in [7, 11) is 0. The molecule has 0 fully saturated rings. The molecule has 3 heteroatoms. The fourth-order valence-electron chi connectivity index (χ4n) is 0.946. The van der Waals surface area contributed by atoms with Crippen molar-refractivity contribution in [1.82, 2.24) is 0 Å². The van der Waals surface area contributed by atoms with E-state index in [9.17, 15) is 9.59 Å². The highest BCUT2D eigenvalue weighted by atomic mass is 16.4. The lowest BCUT2D eigenvalue weighted by Gasteiger charge is -2.10. The summed E-state index contributed by atoms with van der Waals surface area (Å²) in [4.78, 5) is 20.9. The van der Waals surface area contributed by atoms with Crippen LogP contribution in [0.1, 0.15) is 12.8 Å². The van der Waals surface area contributed by atoms with E-state index in [1.165, 1.54) is 6.08 Å². The topological polar surface area (TPSA) is 54.4 Å². The van der Waals surface area contributed by atoms with Crippen LogP contribution in [-0.2, 0) is 9.59 Å². The minimum Gasteiger partial charge on any atom is -0.481 e. The summed E-state index contributed by atoms with van der Waals surface area (Å²) in [5.41, 5.74) is 0. The van der Waals surface area contributed by atoms with Gasteiger partial charge in [-0.3, -0.25) is 9.59 Å². The van der Waals surface area contributed by atoms with Gasteiger partial charge in [0.15, 0.2) is 5.78 Å². The molecule has 1 aliphatic carbocycles. The number of ketones is 1. The zero-order valence-corrected chi connectivity index (χ0v) is 5.41. The monoisotopic (exact) mass is 140 g/mol. The lowest BCUT2D eigenvalue weighted by atomic mass is 9.94. The molecule has 3 nitrogen and oxygen atoms in total. The van der Waals surface area contributed by atoms with Gasteiger partial charge in [-0.25, -0.2) is 0 Å². The van der Waals surface area contributed by atoms with E-state index in [1.54, 1.807) is 6.08 Å². The highest BCUT2D eigenvalue weighted by Gasteiger charge is 2.21. The minimum atomic E-state index is -0.877. The smallest absolute Gasteiger partial charge is 0.307 e. The average molecular weight is 140 g/mol. The molecule has 10 heavy (non-hydrogen) atoms. The Morgan fingerprint density at radius 2 is 2.40 bits per heavy atom. The quantitative estimate of drug-likeness (QED) is 0.580. The van der Waals surface area contributed by atoms with Gasteiger partial charge in [0.05, 0.1) is 5.92 Å². The molecule has 0 heterocycles. The number of aliphatic carboxylic acids is 1. The van der Waals surface area contributed by atoms with Gasteiger partial charge < -0.3 is 5.11 Å². The van der Waals surface area contributed by atoms with E-state index < -0.39 is 11.9 Å². The summed E-state index contributed by atoms with van der Waals surface area (Å²) in [5, 5.41) is 8.47. The zero-order chi connectivity index (χ0) is 7.56.